The van der Waals surface area contributed by atoms with Crippen molar-refractivity contribution in [2.45, 2.75) is 52.0 Å². The second-order valence-electron chi connectivity index (χ2n) is 6.54. The van der Waals surface area contributed by atoms with Crippen molar-refractivity contribution in [3.63, 3.8) is 0 Å². The first-order valence-electron chi connectivity index (χ1n) is 8.06. The highest BCUT2D eigenvalue weighted by atomic mass is 79.9. The van der Waals surface area contributed by atoms with E-state index in [2.05, 4.69) is 21.2 Å². The first-order valence-corrected chi connectivity index (χ1v) is 8.86. The molecule has 0 aromatic heterocycles. The summed E-state index contributed by atoms with van der Waals surface area (Å²) < 4.78 is 11.6. The number of nitrogens with one attached hydrogen (secondary N) is 1. The van der Waals surface area contributed by atoms with Gasteiger partial charge >= 0.3 is 6.09 Å². The third-order valence-corrected chi connectivity index (χ3v) is 3.80. The second-order valence-corrected chi connectivity index (χ2v) is 7.46. The van der Waals surface area contributed by atoms with E-state index in [4.69, 9.17) is 14.3 Å². The fourth-order valence-electron chi connectivity index (χ4n) is 2.26. The zero-order valence-corrected chi connectivity index (χ0v) is 16.3. The SMILES string of the molecule is CCO[C@@H]1C[C@@H](C(=O)Nc2ccc(Br)cc2)N(C(=O)OC(C)(C)C)O1. The molecule has 1 saturated heterocycles. The normalized spacial score (nSPS) is 20.4. The zero-order valence-electron chi connectivity index (χ0n) is 14.7. The minimum absolute atomic E-state index is 0.232. The Hall–Kier alpha value is -1.64. The maximum atomic E-state index is 12.6. The van der Waals surface area contributed by atoms with Gasteiger partial charge in [0.25, 0.3) is 0 Å². The van der Waals surface area contributed by atoms with E-state index in [1.807, 2.05) is 19.1 Å². The molecule has 1 heterocycles. The summed E-state index contributed by atoms with van der Waals surface area (Å²) in [6, 6.07) is 6.31. The first-order chi connectivity index (χ1) is 11.7. The monoisotopic (exact) mass is 414 g/mol. The topological polar surface area (TPSA) is 77.1 Å². The van der Waals surface area contributed by atoms with E-state index in [0.717, 1.165) is 9.54 Å². The van der Waals surface area contributed by atoms with Gasteiger partial charge in [-0.1, -0.05) is 15.9 Å². The number of ether oxygens (including phenoxy) is 2. The lowest BCUT2D eigenvalue weighted by atomic mass is 10.2. The van der Waals surface area contributed by atoms with E-state index in [1.54, 1.807) is 32.9 Å². The van der Waals surface area contributed by atoms with E-state index in [0.29, 0.717) is 12.3 Å². The fourth-order valence-corrected chi connectivity index (χ4v) is 2.52. The van der Waals surface area contributed by atoms with Gasteiger partial charge in [0, 0.05) is 23.2 Å². The number of hydrogen-bond donors (Lipinski definition) is 1. The van der Waals surface area contributed by atoms with Crippen molar-refractivity contribution in [3.05, 3.63) is 28.7 Å². The van der Waals surface area contributed by atoms with E-state index in [9.17, 15) is 9.59 Å². The molecule has 25 heavy (non-hydrogen) atoms. The van der Waals surface area contributed by atoms with Crippen molar-refractivity contribution in [3.8, 4) is 0 Å². The molecule has 7 nitrogen and oxygen atoms in total. The smallest absolute Gasteiger partial charge is 0.435 e. The van der Waals surface area contributed by atoms with E-state index in [-0.39, 0.29) is 12.3 Å². The van der Waals surface area contributed by atoms with Crippen molar-refractivity contribution in [1.82, 2.24) is 5.06 Å². The molecule has 8 heteroatoms. The lowest BCUT2D eigenvalue weighted by Crippen LogP contribution is -2.44. The number of anilines is 1. The number of hydrogen-bond acceptors (Lipinski definition) is 5. The molecule has 1 aromatic rings. The number of carbonyl (C=O) groups is 2. The number of halogens is 1. The Morgan fingerprint density at radius 3 is 2.52 bits per heavy atom. The molecule has 0 radical (unpaired) electrons. The van der Waals surface area contributed by atoms with Crippen molar-refractivity contribution in [1.29, 1.82) is 0 Å². The Bertz CT molecular complexity index is 614. The first kappa shape index (κ1) is 19.7. The molecule has 2 atom stereocenters. The summed E-state index contributed by atoms with van der Waals surface area (Å²) in [4.78, 5) is 30.5. The molecular formula is C17H23BrN2O5. The number of nitrogens with zero attached hydrogens (tertiary/aromatic N) is 1. The molecule has 2 amide bonds. The highest BCUT2D eigenvalue weighted by Gasteiger charge is 2.43. The van der Waals surface area contributed by atoms with Crippen LogP contribution in [0.2, 0.25) is 0 Å². The Balaban J connectivity index is 2.11. The molecular weight excluding hydrogens is 392 g/mol. The summed E-state index contributed by atoms with van der Waals surface area (Å²) >= 11 is 3.34. The van der Waals surface area contributed by atoms with Crippen molar-refractivity contribution < 1.29 is 23.9 Å². The van der Waals surface area contributed by atoms with Gasteiger partial charge in [0.15, 0.2) is 6.29 Å². The number of rotatable bonds is 4. The Morgan fingerprint density at radius 1 is 1.32 bits per heavy atom. The van der Waals surface area contributed by atoms with E-state index >= 15 is 0 Å². The van der Waals surface area contributed by atoms with Gasteiger partial charge in [0.2, 0.25) is 5.91 Å². The van der Waals surface area contributed by atoms with Crippen LogP contribution in [0.5, 0.6) is 0 Å². The number of carbonyl (C=O) groups excluding carboxylic acids is 2. The van der Waals surface area contributed by atoms with Crippen LogP contribution in [-0.4, -0.2) is 41.6 Å². The Kier molecular flexibility index (Phi) is 6.42. The second kappa shape index (κ2) is 8.16. The molecule has 0 saturated carbocycles. The minimum Gasteiger partial charge on any atom is -0.442 e. The third kappa shape index (κ3) is 5.69. The van der Waals surface area contributed by atoms with E-state index in [1.165, 1.54) is 0 Å². The molecule has 0 unspecified atom stereocenters. The predicted octanol–water partition coefficient (Wildman–Crippen LogP) is 3.69. The average Bonchev–Trinajstić information content (AvgIpc) is 2.92. The van der Waals surface area contributed by atoms with Crippen LogP contribution in [-0.2, 0) is 19.1 Å². The van der Waals surface area contributed by atoms with Crippen LogP contribution in [0.15, 0.2) is 28.7 Å². The number of benzene rings is 1. The molecule has 1 aromatic carbocycles. The third-order valence-electron chi connectivity index (χ3n) is 3.27. The van der Waals surface area contributed by atoms with Crippen LogP contribution < -0.4 is 5.32 Å². The molecule has 1 aliphatic heterocycles. The van der Waals surface area contributed by atoms with Crippen LogP contribution in [0.4, 0.5) is 10.5 Å². The molecule has 138 valence electrons. The lowest BCUT2D eigenvalue weighted by Gasteiger charge is -2.26. The number of hydroxylamine groups is 2. The summed E-state index contributed by atoms with van der Waals surface area (Å²) in [6.07, 6.45) is -1.15. The highest BCUT2D eigenvalue weighted by Crippen LogP contribution is 2.26. The summed E-state index contributed by atoms with van der Waals surface area (Å²) in [5.41, 5.74) is -0.0751. The maximum Gasteiger partial charge on any atom is 0.435 e. The molecule has 0 aliphatic carbocycles. The Labute approximate surface area is 155 Å². The van der Waals surface area contributed by atoms with E-state index < -0.39 is 24.0 Å². The van der Waals surface area contributed by atoms with Gasteiger partial charge < -0.3 is 14.8 Å². The van der Waals surface area contributed by atoms with Crippen molar-refractivity contribution in [2.75, 3.05) is 11.9 Å². The quantitative estimate of drug-likeness (QED) is 0.812. The van der Waals surface area contributed by atoms with Crippen LogP contribution in [0, 0.1) is 0 Å². The average molecular weight is 415 g/mol. The van der Waals surface area contributed by atoms with Gasteiger partial charge in [-0.15, -0.1) is 0 Å². The lowest BCUT2D eigenvalue weighted by molar-refractivity contribution is -0.223. The van der Waals surface area contributed by atoms with Gasteiger partial charge in [-0.25, -0.2) is 9.63 Å². The van der Waals surface area contributed by atoms with Gasteiger partial charge in [0.1, 0.15) is 11.6 Å². The van der Waals surface area contributed by atoms with Crippen LogP contribution in [0.3, 0.4) is 0 Å². The van der Waals surface area contributed by atoms with Crippen LogP contribution in [0.25, 0.3) is 0 Å². The molecule has 1 N–H and O–H groups in total. The largest absolute Gasteiger partial charge is 0.442 e. The van der Waals surface area contributed by atoms with Crippen LogP contribution >= 0.6 is 15.9 Å². The zero-order chi connectivity index (χ0) is 18.6. The van der Waals surface area contributed by atoms with Crippen molar-refractivity contribution in [2.24, 2.45) is 0 Å². The van der Waals surface area contributed by atoms with Crippen molar-refractivity contribution >= 4 is 33.6 Å². The summed E-state index contributed by atoms with van der Waals surface area (Å²) in [5, 5.41) is 3.73. The predicted molar refractivity (Wildman–Crippen MR) is 95.7 cm³/mol. The summed E-state index contributed by atoms with van der Waals surface area (Å²) in [6.45, 7) is 7.47. The molecule has 0 spiro atoms. The summed E-state index contributed by atoms with van der Waals surface area (Å²) in [5.74, 6) is -0.365. The van der Waals surface area contributed by atoms with Gasteiger partial charge in [-0.2, -0.15) is 5.06 Å². The summed E-state index contributed by atoms with van der Waals surface area (Å²) in [7, 11) is 0. The van der Waals surface area contributed by atoms with Gasteiger partial charge in [-0.05, 0) is 52.0 Å². The minimum atomic E-state index is -0.838. The van der Waals surface area contributed by atoms with Gasteiger partial charge in [0.05, 0.1) is 0 Å². The molecule has 0 bridgehead atoms. The number of amides is 2. The molecule has 2 rings (SSSR count). The fraction of sp³-hybridized carbons (Fsp3) is 0.529. The molecule has 1 fully saturated rings. The van der Waals surface area contributed by atoms with Gasteiger partial charge in [-0.3, -0.25) is 4.79 Å². The maximum absolute atomic E-state index is 12.6. The highest BCUT2D eigenvalue weighted by molar-refractivity contribution is 9.10. The Morgan fingerprint density at radius 2 is 1.96 bits per heavy atom. The standard InChI is InChI=1S/C17H23BrN2O5/c1-5-23-14-10-13(20(25-14)16(22)24-17(2,3)4)15(21)19-12-8-6-11(18)7-9-12/h6-9,13-14H,5,10H2,1-4H3,(H,19,21)/t13-,14-/m0/s1. The molecule has 1 aliphatic rings. The van der Waals surface area contributed by atoms with Crippen LogP contribution in [0.1, 0.15) is 34.1 Å².